The van der Waals surface area contributed by atoms with Crippen LogP contribution in [0, 0.1) is 19.8 Å². The average Bonchev–Trinajstić information content (AvgIpc) is 2.61. The number of carbonyl (C=O) groups is 2. The van der Waals surface area contributed by atoms with Crippen LogP contribution < -0.4 is 10.1 Å². The fraction of sp³-hybridized carbons (Fsp3) is 0.333. The van der Waals surface area contributed by atoms with Crippen LogP contribution >= 0.6 is 0 Å². The zero-order valence-electron chi connectivity index (χ0n) is 15.7. The summed E-state index contributed by atoms with van der Waals surface area (Å²) >= 11 is 0. The molecule has 5 heteroatoms. The van der Waals surface area contributed by atoms with Gasteiger partial charge in [-0.05, 0) is 55.7 Å². The SMILES string of the molecule is Cc1ccc(NC(=O)c2ccc(OCC(=O)OCC(C)C)cc2)c(C)c1. The lowest BCUT2D eigenvalue weighted by atomic mass is 10.1. The molecule has 2 aromatic rings. The van der Waals surface area contributed by atoms with Gasteiger partial charge in [-0.25, -0.2) is 4.79 Å². The molecule has 2 aromatic carbocycles. The predicted octanol–water partition coefficient (Wildman–Crippen LogP) is 4.13. The van der Waals surface area contributed by atoms with E-state index < -0.39 is 5.97 Å². The number of aryl methyl sites for hydroxylation is 2. The van der Waals surface area contributed by atoms with Gasteiger partial charge in [0.2, 0.25) is 0 Å². The Kier molecular flexibility index (Phi) is 6.78. The number of hydrogen-bond donors (Lipinski definition) is 1. The summed E-state index contributed by atoms with van der Waals surface area (Å²) in [6.45, 7) is 8.13. The molecule has 1 amide bonds. The Labute approximate surface area is 154 Å². The van der Waals surface area contributed by atoms with Gasteiger partial charge in [-0.3, -0.25) is 4.79 Å². The summed E-state index contributed by atoms with van der Waals surface area (Å²) < 4.78 is 10.4. The first-order valence-corrected chi connectivity index (χ1v) is 8.62. The van der Waals surface area contributed by atoms with Crippen molar-refractivity contribution in [1.29, 1.82) is 0 Å². The molecule has 0 saturated heterocycles. The predicted molar refractivity (Wildman–Crippen MR) is 102 cm³/mol. The lowest BCUT2D eigenvalue weighted by molar-refractivity contribution is -0.147. The minimum absolute atomic E-state index is 0.152. The third-order valence-corrected chi connectivity index (χ3v) is 3.68. The van der Waals surface area contributed by atoms with Gasteiger partial charge in [-0.1, -0.05) is 31.5 Å². The molecule has 0 aliphatic heterocycles. The van der Waals surface area contributed by atoms with Gasteiger partial charge in [-0.15, -0.1) is 0 Å². The fourth-order valence-electron chi connectivity index (χ4n) is 2.29. The molecular weight excluding hydrogens is 330 g/mol. The molecule has 0 unspecified atom stereocenters. The number of carbonyl (C=O) groups excluding carboxylic acids is 2. The second-order valence-corrected chi connectivity index (χ2v) is 6.66. The Morgan fingerprint density at radius 3 is 2.35 bits per heavy atom. The van der Waals surface area contributed by atoms with Crippen LogP contribution in [-0.2, 0) is 9.53 Å². The van der Waals surface area contributed by atoms with Crippen molar-refractivity contribution in [3.63, 3.8) is 0 Å². The van der Waals surface area contributed by atoms with Crippen molar-refractivity contribution in [3.8, 4) is 5.75 Å². The third kappa shape index (κ3) is 5.92. The largest absolute Gasteiger partial charge is 0.482 e. The summed E-state index contributed by atoms with van der Waals surface area (Å²) in [5, 5.41) is 2.90. The van der Waals surface area contributed by atoms with Crippen molar-refractivity contribution in [1.82, 2.24) is 0 Å². The quantitative estimate of drug-likeness (QED) is 0.758. The van der Waals surface area contributed by atoms with Crippen molar-refractivity contribution in [2.45, 2.75) is 27.7 Å². The normalized spacial score (nSPS) is 10.5. The molecule has 26 heavy (non-hydrogen) atoms. The Bertz CT molecular complexity index is 766. The molecule has 0 aliphatic rings. The Hall–Kier alpha value is -2.82. The van der Waals surface area contributed by atoms with Crippen LogP contribution in [0.4, 0.5) is 5.69 Å². The summed E-state index contributed by atoms with van der Waals surface area (Å²) in [7, 11) is 0. The third-order valence-electron chi connectivity index (χ3n) is 3.68. The van der Waals surface area contributed by atoms with Gasteiger partial charge < -0.3 is 14.8 Å². The summed E-state index contributed by atoms with van der Waals surface area (Å²) in [6, 6.07) is 12.5. The number of ether oxygens (including phenoxy) is 2. The number of rotatable bonds is 7. The van der Waals surface area contributed by atoms with Gasteiger partial charge in [0, 0.05) is 11.3 Å². The molecule has 0 aromatic heterocycles. The first-order chi connectivity index (χ1) is 12.3. The molecule has 2 rings (SSSR count). The lowest BCUT2D eigenvalue weighted by Gasteiger charge is -2.10. The summed E-state index contributed by atoms with van der Waals surface area (Å²) in [6.07, 6.45) is 0. The van der Waals surface area contributed by atoms with E-state index in [1.807, 2.05) is 45.9 Å². The second-order valence-electron chi connectivity index (χ2n) is 6.66. The van der Waals surface area contributed by atoms with Crippen LogP contribution in [0.25, 0.3) is 0 Å². The average molecular weight is 355 g/mol. The summed E-state index contributed by atoms with van der Waals surface area (Å²) in [5.41, 5.74) is 3.46. The minimum atomic E-state index is -0.407. The van der Waals surface area contributed by atoms with E-state index in [0.717, 1.165) is 16.8 Å². The second kappa shape index (κ2) is 9.04. The molecule has 1 N–H and O–H groups in total. The highest BCUT2D eigenvalue weighted by Crippen LogP contribution is 2.18. The van der Waals surface area contributed by atoms with Crippen molar-refractivity contribution in [3.05, 3.63) is 59.2 Å². The Morgan fingerprint density at radius 1 is 1.04 bits per heavy atom. The van der Waals surface area contributed by atoms with Crippen LogP contribution in [0.1, 0.15) is 35.3 Å². The van der Waals surface area contributed by atoms with E-state index in [0.29, 0.717) is 17.9 Å². The van der Waals surface area contributed by atoms with Crippen molar-refractivity contribution < 1.29 is 19.1 Å². The molecule has 0 heterocycles. The van der Waals surface area contributed by atoms with Gasteiger partial charge in [0.1, 0.15) is 5.75 Å². The first kappa shape index (κ1) is 19.5. The zero-order chi connectivity index (χ0) is 19.1. The maximum Gasteiger partial charge on any atom is 0.344 e. The van der Waals surface area contributed by atoms with E-state index in [2.05, 4.69) is 5.32 Å². The highest BCUT2D eigenvalue weighted by atomic mass is 16.6. The van der Waals surface area contributed by atoms with Crippen molar-refractivity contribution in [2.24, 2.45) is 5.92 Å². The number of nitrogens with one attached hydrogen (secondary N) is 1. The number of anilines is 1. The molecule has 0 radical (unpaired) electrons. The maximum absolute atomic E-state index is 12.4. The molecule has 138 valence electrons. The van der Waals surface area contributed by atoms with Gasteiger partial charge >= 0.3 is 5.97 Å². The molecule has 5 nitrogen and oxygen atoms in total. The smallest absolute Gasteiger partial charge is 0.344 e. The molecule has 0 bridgehead atoms. The standard InChI is InChI=1S/C21H25NO4/c1-14(2)12-26-20(23)13-25-18-8-6-17(7-9-18)21(24)22-19-10-5-15(3)11-16(19)4/h5-11,14H,12-13H2,1-4H3,(H,22,24). The van der Waals surface area contributed by atoms with E-state index in [1.165, 1.54) is 0 Å². The van der Waals surface area contributed by atoms with Crippen LogP contribution in [0.2, 0.25) is 0 Å². The van der Waals surface area contributed by atoms with E-state index >= 15 is 0 Å². The minimum Gasteiger partial charge on any atom is -0.482 e. The van der Waals surface area contributed by atoms with Gasteiger partial charge in [-0.2, -0.15) is 0 Å². The van der Waals surface area contributed by atoms with Crippen LogP contribution in [0.15, 0.2) is 42.5 Å². The van der Waals surface area contributed by atoms with E-state index in [-0.39, 0.29) is 18.4 Å². The van der Waals surface area contributed by atoms with Gasteiger partial charge in [0.15, 0.2) is 6.61 Å². The lowest BCUT2D eigenvalue weighted by Crippen LogP contribution is -2.17. The first-order valence-electron chi connectivity index (χ1n) is 8.62. The molecule has 0 aliphatic carbocycles. The van der Waals surface area contributed by atoms with Crippen LogP contribution in [0.5, 0.6) is 5.75 Å². The van der Waals surface area contributed by atoms with E-state index in [9.17, 15) is 9.59 Å². The summed E-state index contributed by atoms with van der Waals surface area (Å²) in [5.74, 6) is 0.193. The topological polar surface area (TPSA) is 64.6 Å². The number of esters is 1. The van der Waals surface area contributed by atoms with Crippen LogP contribution in [0.3, 0.4) is 0 Å². The van der Waals surface area contributed by atoms with Gasteiger partial charge in [0.05, 0.1) is 6.61 Å². The Morgan fingerprint density at radius 2 is 1.73 bits per heavy atom. The fourth-order valence-corrected chi connectivity index (χ4v) is 2.29. The molecule has 0 spiro atoms. The highest BCUT2D eigenvalue weighted by molar-refractivity contribution is 6.04. The number of benzene rings is 2. The van der Waals surface area contributed by atoms with E-state index in [1.54, 1.807) is 24.3 Å². The molecule has 0 fully saturated rings. The summed E-state index contributed by atoms with van der Waals surface area (Å²) in [4.78, 5) is 23.9. The zero-order valence-corrected chi connectivity index (χ0v) is 15.7. The Balaban J connectivity index is 1.90. The number of hydrogen-bond acceptors (Lipinski definition) is 4. The number of amides is 1. The highest BCUT2D eigenvalue weighted by Gasteiger charge is 2.09. The van der Waals surface area contributed by atoms with Crippen LogP contribution in [-0.4, -0.2) is 25.1 Å². The molecule has 0 atom stereocenters. The monoisotopic (exact) mass is 355 g/mol. The van der Waals surface area contributed by atoms with Crippen molar-refractivity contribution in [2.75, 3.05) is 18.5 Å². The molecular formula is C21H25NO4. The van der Waals surface area contributed by atoms with Gasteiger partial charge in [0.25, 0.3) is 5.91 Å². The van der Waals surface area contributed by atoms with Crippen molar-refractivity contribution >= 4 is 17.6 Å². The van der Waals surface area contributed by atoms with E-state index in [4.69, 9.17) is 9.47 Å². The maximum atomic E-state index is 12.4. The molecule has 0 saturated carbocycles.